The molecule has 1 N–H and O–H groups in total. The van der Waals surface area contributed by atoms with Gasteiger partial charge in [0.15, 0.2) is 5.01 Å². The number of nitrogens with zero attached hydrogens (tertiary/aromatic N) is 3. The summed E-state index contributed by atoms with van der Waals surface area (Å²) in [6, 6.07) is 6.94. The Morgan fingerprint density at radius 2 is 2.06 bits per heavy atom. The van der Waals surface area contributed by atoms with Gasteiger partial charge < -0.3 is 14.6 Å². The van der Waals surface area contributed by atoms with Gasteiger partial charge in [-0.3, -0.25) is 4.79 Å². The average Bonchev–Trinajstić information content (AvgIpc) is 3.47. The van der Waals surface area contributed by atoms with Crippen molar-refractivity contribution in [3.8, 4) is 12.3 Å². The van der Waals surface area contributed by atoms with Crippen LogP contribution in [0.4, 0.5) is 0 Å². The fraction of sp³-hybridized carbons (Fsp3) is 0.391. The molecule has 1 aliphatic heterocycles. The number of carbonyl (C=O) groups is 1. The van der Waals surface area contributed by atoms with Crippen molar-refractivity contribution < 1.29 is 17.9 Å². The maximum absolute atomic E-state index is 13.2. The highest BCUT2D eigenvalue weighted by Crippen LogP contribution is 2.29. The molecule has 0 spiro atoms. The van der Waals surface area contributed by atoms with E-state index in [1.165, 1.54) is 15.6 Å². The Bertz CT molecular complexity index is 1360. The number of aromatic nitrogens is 2. The minimum atomic E-state index is -3.71. The third-order valence-electron chi connectivity index (χ3n) is 6.32. The molecule has 3 aromatic rings. The van der Waals surface area contributed by atoms with Crippen molar-refractivity contribution in [3.63, 3.8) is 0 Å². The molecule has 2 aromatic heterocycles. The van der Waals surface area contributed by atoms with Gasteiger partial charge in [-0.15, -0.1) is 17.8 Å². The Balaban J connectivity index is 1.27. The minimum absolute atomic E-state index is 0.131. The van der Waals surface area contributed by atoms with Gasteiger partial charge in [0, 0.05) is 61.1 Å². The van der Waals surface area contributed by atoms with Crippen LogP contribution in [-0.2, 0) is 27.6 Å². The summed E-state index contributed by atoms with van der Waals surface area (Å²) in [5, 5.41) is 1.36. The van der Waals surface area contributed by atoms with E-state index in [1.807, 2.05) is 0 Å². The van der Waals surface area contributed by atoms with Crippen molar-refractivity contribution in [1.29, 1.82) is 0 Å². The molecule has 1 saturated heterocycles. The molecule has 1 amide bonds. The maximum Gasteiger partial charge on any atom is 0.282 e. The molecule has 1 unspecified atom stereocenters. The second-order valence-corrected chi connectivity index (χ2v) is 11.3. The SMILES string of the molecule is C#Cc1ccc2[nH]c(S(=O)(=O)N3CCN(C(=O)c4nc5c(s4)CC(OC)CC5)CC3)cc2c1. The molecule has 1 aromatic carbocycles. The van der Waals surface area contributed by atoms with Crippen molar-refractivity contribution in [2.75, 3.05) is 33.3 Å². The Morgan fingerprint density at radius 1 is 1.27 bits per heavy atom. The Kier molecular flexibility index (Phi) is 5.74. The number of nitrogens with one attached hydrogen (secondary N) is 1. The van der Waals surface area contributed by atoms with Gasteiger partial charge in [0.2, 0.25) is 0 Å². The van der Waals surface area contributed by atoms with Crippen molar-refractivity contribution in [3.05, 3.63) is 45.4 Å². The number of amides is 1. The maximum atomic E-state index is 13.2. The van der Waals surface area contributed by atoms with E-state index in [2.05, 4.69) is 15.9 Å². The van der Waals surface area contributed by atoms with Gasteiger partial charge in [-0.2, -0.15) is 4.31 Å². The Labute approximate surface area is 196 Å². The molecule has 1 atom stereocenters. The lowest BCUT2D eigenvalue weighted by molar-refractivity contribution is 0.0697. The quantitative estimate of drug-likeness (QED) is 0.573. The van der Waals surface area contributed by atoms with Gasteiger partial charge in [-0.1, -0.05) is 5.92 Å². The highest BCUT2D eigenvalue weighted by molar-refractivity contribution is 7.89. The van der Waals surface area contributed by atoms with Crippen LogP contribution in [0.5, 0.6) is 0 Å². The lowest BCUT2D eigenvalue weighted by atomic mass is 10.0. The van der Waals surface area contributed by atoms with E-state index in [9.17, 15) is 13.2 Å². The van der Waals surface area contributed by atoms with Crippen LogP contribution in [0.25, 0.3) is 10.9 Å². The number of terminal acetylenes is 1. The smallest absolute Gasteiger partial charge is 0.282 e. The number of H-pyrrole nitrogens is 1. The molecule has 0 radical (unpaired) electrons. The number of thiazole rings is 1. The van der Waals surface area contributed by atoms with Gasteiger partial charge in [0.05, 0.1) is 11.8 Å². The summed E-state index contributed by atoms with van der Waals surface area (Å²) in [5.74, 6) is 2.43. The van der Waals surface area contributed by atoms with Gasteiger partial charge >= 0.3 is 0 Å². The van der Waals surface area contributed by atoms with Gasteiger partial charge in [-0.25, -0.2) is 13.4 Å². The van der Waals surface area contributed by atoms with E-state index < -0.39 is 10.0 Å². The fourth-order valence-electron chi connectivity index (χ4n) is 4.38. The number of rotatable bonds is 4. The second-order valence-electron chi connectivity index (χ2n) is 8.27. The van der Waals surface area contributed by atoms with Gasteiger partial charge in [0.25, 0.3) is 15.9 Å². The van der Waals surface area contributed by atoms with Crippen LogP contribution in [0.2, 0.25) is 0 Å². The number of fused-ring (bicyclic) bond motifs is 2. The number of piperazine rings is 1. The largest absolute Gasteiger partial charge is 0.381 e. The van der Waals surface area contributed by atoms with Crippen molar-refractivity contribution in [1.82, 2.24) is 19.2 Å². The lowest BCUT2D eigenvalue weighted by Crippen LogP contribution is -2.50. The second kappa shape index (κ2) is 8.57. The Morgan fingerprint density at radius 3 is 2.79 bits per heavy atom. The van der Waals surface area contributed by atoms with Crippen LogP contribution in [-0.4, -0.2) is 72.9 Å². The number of sulfonamides is 1. The minimum Gasteiger partial charge on any atom is -0.381 e. The number of hydrogen-bond donors (Lipinski definition) is 1. The summed E-state index contributed by atoms with van der Waals surface area (Å²) in [7, 11) is -2.00. The number of aromatic amines is 1. The number of carbonyl (C=O) groups excluding carboxylic acids is 1. The molecular formula is C23H24N4O4S2. The third kappa shape index (κ3) is 4.06. The highest BCUT2D eigenvalue weighted by Gasteiger charge is 2.33. The Hall–Kier alpha value is -2.71. The molecule has 1 aliphatic carbocycles. The molecule has 8 nitrogen and oxygen atoms in total. The van der Waals surface area contributed by atoms with E-state index in [-0.39, 0.29) is 30.1 Å². The average molecular weight is 485 g/mol. The molecule has 0 saturated carbocycles. The monoisotopic (exact) mass is 484 g/mol. The number of ether oxygens (including phenoxy) is 1. The van der Waals surface area contributed by atoms with E-state index in [0.717, 1.165) is 35.2 Å². The molecule has 5 rings (SSSR count). The molecule has 0 bridgehead atoms. The van der Waals surface area contributed by atoms with E-state index in [4.69, 9.17) is 11.2 Å². The van der Waals surface area contributed by atoms with Crippen molar-refractivity contribution in [2.24, 2.45) is 0 Å². The first-order valence-electron chi connectivity index (χ1n) is 10.8. The van der Waals surface area contributed by atoms with Crippen LogP contribution in [0.3, 0.4) is 0 Å². The third-order valence-corrected chi connectivity index (χ3v) is 9.25. The topological polar surface area (TPSA) is 95.6 Å². The molecule has 2 aliphatic rings. The van der Waals surface area contributed by atoms with E-state index in [0.29, 0.717) is 29.2 Å². The first-order chi connectivity index (χ1) is 15.9. The summed E-state index contributed by atoms with van der Waals surface area (Å²) in [5.41, 5.74) is 2.40. The zero-order chi connectivity index (χ0) is 23.2. The fourth-order valence-corrected chi connectivity index (χ4v) is 6.96. The van der Waals surface area contributed by atoms with Crippen molar-refractivity contribution >= 4 is 38.2 Å². The first-order valence-corrected chi connectivity index (χ1v) is 13.0. The van der Waals surface area contributed by atoms with Gasteiger partial charge in [-0.05, 0) is 37.1 Å². The summed E-state index contributed by atoms with van der Waals surface area (Å²) in [6.07, 6.45) is 8.14. The predicted molar refractivity (Wildman–Crippen MR) is 126 cm³/mol. The highest BCUT2D eigenvalue weighted by atomic mass is 32.2. The zero-order valence-electron chi connectivity index (χ0n) is 18.2. The normalized spacial score (nSPS) is 19.4. The summed E-state index contributed by atoms with van der Waals surface area (Å²) >= 11 is 1.43. The summed E-state index contributed by atoms with van der Waals surface area (Å²) in [6.45, 7) is 1.11. The first kappa shape index (κ1) is 22.1. The number of hydrogen-bond acceptors (Lipinski definition) is 6. The number of methoxy groups -OCH3 is 1. The van der Waals surface area contributed by atoms with Crippen LogP contribution in [0.15, 0.2) is 29.3 Å². The standard InChI is InChI=1S/C23H24N4O4S2/c1-3-15-4-6-18-16(12-15)13-21(24-18)33(29,30)27-10-8-26(9-11-27)23(28)22-25-19-7-5-17(31-2)14-20(19)32-22/h1,4,6,12-13,17,24H,5,7-11,14H2,2H3. The molecule has 33 heavy (non-hydrogen) atoms. The molecule has 10 heteroatoms. The molecule has 1 fully saturated rings. The van der Waals surface area contributed by atoms with Crippen LogP contribution < -0.4 is 0 Å². The van der Waals surface area contributed by atoms with Crippen LogP contribution in [0, 0.1) is 12.3 Å². The predicted octanol–water partition coefficient (Wildman–Crippen LogP) is 2.26. The number of benzene rings is 1. The molecule has 3 heterocycles. The molecular weight excluding hydrogens is 460 g/mol. The van der Waals surface area contributed by atoms with Crippen LogP contribution >= 0.6 is 11.3 Å². The summed E-state index contributed by atoms with van der Waals surface area (Å²) < 4.78 is 33.2. The van der Waals surface area contributed by atoms with Gasteiger partial charge in [0.1, 0.15) is 5.03 Å². The zero-order valence-corrected chi connectivity index (χ0v) is 19.8. The number of aryl methyl sites for hydroxylation is 1. The van der Waals surface area contributed by atoms with E-state index in [1.54, 1.807) is 36.3 Å². The van der Waals surface area contributed by atoms with E-state index >= 15 is 0 Å². The van der Waals surface area contributed by atoms with Crippen LogP contribution in [0.1, 0.15) is 32.4 Å². The summed E-state index contributed by atoms with van der Waals surface area (Å²) in [4.78, 5) is 23.4. The van der Waals surface area contributed by atoms with Crippen molar-refractivity contribution in [2.45, 2.75) is 30.4 Å². The molecule has 172 valence electrons. The lowest BCUT2D eigenvalue weighted by Gasteiger charge is -2.33.